The second-order valence-electron chi connectivity index (χ2n) is 7.07. The molecule has 0 spiro atoms. The molecule has 5 rings (SSSR count). The van der Waals surface area contributed by atoms with E-state index in [0.29, 0.717) is 6.54 Å². The zero-order valence-corrected chi connectivity index (χ0v) is 17.5. The highest BCUT2D eigenvalue weighted by atomic mass is 32.1. The summed E-state index contributed by atoms with van der Waals surface area (Å²) in [5, 5.41) is 12.2. The quantitative estimate of drug-likeness (QED) is 0.431. The molecule has 0 saturated heterocycles. The first-order valence-electron chi connectivity index (χ1n) is 9.71. The molecule has 0 radical (unpaired) electrons. The van der Waals surface area contributed by atoms with E-state index in [4.69, 9.17) is 15.1 Å². The molecule has 1 N–H and O–H groups in total. The smallest absolute Gasteiger partial charge is 0.165 e. The maximum absolute atomic E-state index is 4.87. The maximum Gasteiger partial charge on any atom is 0.165 e. The Morgan fingerprint density at radius 1 is 1.00 bits per heavy atom. The standard InChI is InChI=1S/C23H20N6S/c1-15-12-20(25-13-17-14-30-23(26-17)19-10-6-7-11-24-19)27-22-21(15)16(2)28-29(22)18-8-4-3-5-9-18/h3-12,14H,13H2,1-2H3,(H,25,27). The monoisotopic (exact) mass is 412 g/mol. The first-order chi connectivity index (χ1) is 14.7. The number of pyridine rings is 2. The molecule has 7 heteroatoms. The Kier molecular flexibility index (Phi) is 4.72. The third-order valence-electron chi connectivity index (χ3n) is 4.90. The molecular weight excluding hydrogens is 392 g/mol. The van der Waals surface area contributed by atoms with Crippen LogP contribution in [0, 0.1) is 13.8 Å². The zero-order chi connectivity index (χ0) is 20.5. The topological polar surface area (TPSA) is 68.5 Å². The zero-order valence-electron chi connectivity index (χ0n) is 16.7. The molecule has 0 aliphatic carbocycles. The summed E-state index contributed by atoms with van der Waals surface area (Å²) < 4.78 is 1.91. The lowest BCUT2D eigenvalue weighted by Gasteiger charge is -2.08. The van der Waals surface area contributed by atoms with Crippen LogP contribution in [0.25, 0.3) is 27.4 Å². The van der Waals surface area contributed by atoms with Crippen LogP contribution in [0.4, 0.5) is 5.82 Å². The van der Waals surface area contributed by atoms with E-state index in [0.717, 1.165) is 50.2 Å². The van der Waals surface area contributed by atoms with Crippen molar-refractivity contribution in [1.82, 2.24) is 24.7 Å². The van der Waals surface area contributed by atoms with Crippen molar-refractivity contribution in [3.63, 3.8) is 0 Å². The fourth-order valence-electron chi connectivity index (χ4n) is 3.52. The first-order valence-corrected chi connectivity index (χ1v) is 10.6. The van der Waals surface area contributed by atoms with Crippen molar-refractivity contribution in [3.8, 4) is 16.4 Å². The summed E-state index contributed by atoms with van der Waals surface area (Å²) >= 11 is 1.60. The summed E-state index contributed by atoms with van der Waals surface area (Å²) in [4.78, 5) is 13.9. The van der Waals surface area contributed by atoms with Crippen LogP contribution in [0.15, 0.2) is 66.2 Å². The Labute approximate surface area is 178 Å². The average Bonchev–Trinajstić information content (AvgIpc) is 3.38. The molecule has 0 unspecified atom stereocenters. The Balaban J connectivity index is 1.44. The molecule has 6 nitrogen and oxygen atoms in total. The number of fused-ring (bicyclic) bond motifs is 1. The van der Waals surface area contributed by atoms with Crippen molar-refractivity contribution in [3.05, 3.63) is 83.1 Å². The van der Waals surface area contributed by atoms with Gasteiger partial charge in [-0.2, -0.15) is 5.10 Å². The van der Waals surface area contributed by atoms with E-state index >= 15 is 0 Å². The van der Waals surface area contributed by atoms with Gasteiger partial charge in [-0.25, -0.2) is 14.6 Å². The van der Waals surface area contributed by atoms with Crippen LogP contribution in [0.5, 0.6) is 0 Å². The van der Waals surface area contributed by atoms with Gasteiger partial charge in [-0.15, -0.1) is 11.3 Å². The number of hydrogen-bond acceptors (Lipinski definition) is 6. The van der Waals surface area contributed by atoms with Crippen molar-refractivity contribution in [2.75, 3.05) is 5.32 Å². The van der Waals surface area contributed by atoms with Gasteiger partial charge in [0.15, 0.2) is 5.65 Å². The predicted octanol–water partition coefficient (Wildman–Crippen LogP) is 5.17. The number of anilines is 1. The van der Waals surface area contributed by atoms with E-state index < -0.39 is 0 Å². The number of benzene rings is 1. The van der Waals surface area contributed by atoms with Crippen LogP contribution in [-0.4, -0.2) is 24.7 Å². The summed E-state index contributed by atoms with van der Waals surface area (Å²) in [6, 6.07) is 18.0. The number of nitrogens with one attached hydrogen (secondary N) is 1. The highest BCUT2D eigenvalue weighted by molar-refractivity contribution is 7.13. The van der Waals surface area contributed by atoms with Crippen molar-refractivity contribution in [2.45, 2.75) is 20.4 Å². The van der Waals surface area contributed by atoms with Gasteiger partial charge in [0, 0.05) is 17.0 Å². The van der Waals surface area contributed by atoms with E-state index in [1.807, 2.05) is 60.1 Å². The molecule has 0 bridgehead atoms. The Morgan fingerprint density at radius 2 is 1.83 bits per heavy atom. The number of aryl methyl sites for hydroxylation is 2. The molecule has 5 aromatic rings. The van der Waals surface area contributed by atoms with Crippen LogP contribution < -0.4 is 5.32 Å². The number of thiazole rings is 1. The lowest BCUT2D eigenvalue weighted by atomic mass is 10.1. The minimum Gasteiger partial charge on any atom is -0.364 e. The number of rotatable bonds is 5. The van der Waals surface area contributed by atoms with E-state index in [2.05, 4.69) is 28.7 Å². The van der Waals surface area contributed by atoms with Crippen LogP contribution in [0.3, 0.4) is 0 Å². The normalized spacial score (nSPS) is 11.1. The van der Waals surface area contributed by atoms with Crippen LogP contribution in [0.2, 0.25) is 0 Å². The molecule has 0 saturated carbocycles. The minimum atomic E-state index is 0.597. The second-order valence-corrected chi connectivity index (χ2v) is 7.93. The van der Waals surface area contributed by atoms with Crippen LogP contribution in [-0.2, 0) is 6.54 Å². The first kappa shape index (κ1) is 18.4. The molecule has 4 aromatic heterocycles. The fourth-order valence-corrected chi connectivity index (χ4v) is 4.31. The van der Waals surface area contributed by atoms with Gasteiger partial charge < -0.3 is 5.32 Å². The van der Waals surface area contributed by atoms with Gasteiger partial charge in [0.2, 0.25) is 0 Å². The van der Waals surface area contributed by atoms with Crippen molar-refractivity contribution < 1.29 is 0 Å². The van der Waals surface area contributed by atoms with Gasteiger partial charge in [-0.3, -0.25) is 4.98 Å². The minimum absolute atomic E-state index is 0.597. The summed E-state index contributed by atoms with van der Waals surface area (Å²) in [7, 11) is 0. The summed E-state index contributed by atoms with van der Waals surface area (Å²) in [5.41, 5.74) is 5.84. The molecule has 30 heavy (non-hydrogen) atoms. The molecule has 1 aromatic carbocycles. The Bertz CT molecular complexity index is 1310. The summed E-state index contributed by atoms with van der Waals surface area (Å²) in [5.74, 6) is 0.810. The largest absolute Gasteiger partial charge is 0.364 e. The van der Waals surface area contributed by atoms with E-state index in [9.17, 15) is 0 Å². The number of nitrogens with zero attached hydrogens (tertiary/aromatic N) is 5. The molecule has 0 aliphatic rings. The van der Waals surface area contributed by atoms with E-state index in [1.165, 1.54) is 0 Å². The molecule has 148 valence electrons. The number of para-hydroxylation sites is 1. The predicted molar refractivity (Wildman–Crippen MR) is 121 cm³/mol. The third-order valence-corrected chi connectivity index (χ3v) is 5.81. The van der Waals surface area contributed by atoms with Gasteiger partial charge in [0.25, 0.3) is 0 Å². The number of hydrogen-bond donors (Lipinski definition) is 1. The van der Waals surface area contributed by atoms with Gasteiger partial charge in [0.1, 0.15) is 10.8 Å². The maximum atomic E-state index is 4.87. The van der Waals surface area contributed by atoms with Crippen LogP contribution >= 0.6 is 11.3 Å². The summed E-state index contributed by atoms with van der Waals surface area (Å²) in [6.45, 7) is 4.72. The Hall–Kier alpha value is -3.58. The van der Waals surface area contributed by atoms with Gasteiger partial charge in [-0.05, 0) is 49.7 Å². The van der Waals surface area contributed by atoms with Crippen molar-refractivity contribution >= 4 is 28.2 Å². The second kappa shape index (κ2) is 7.68. The van der Waals surface area contributed by atoms with Crippen molar-refractivity contribution in [1.29, 1.82) is 0 Å². The lowest BCUT2D eigenvalue weighted by molar-refractivity contribution is 0.877. The Morgan fingerprint density at radius 3 is 2.63 bits per heavy atom. The van der Waals surface area contributed by atoms with E-state index in [-0.39, 0.29) is 0 Å². The molecule has 0 fully saturated rings. The van der Waals surface area contributed by atoms with Gasteiger partial charge >= 0.3 is 0 Å². The molecule has 0 aliphatic heterocycles. The third kappa shape index (κ3) is 3.44. The molecule has 0 amide bonds. The van der Waals surface area contributed by atoms with Crippen molar-refractivity contribution in [2.24, 2.45) is 0 Å². The fraction of sp³-hybridized carbons (Fsp3) is 0.130. The molecule has 0 atom stereocenters. The SMILES string of the molecule is Cc1cc(NCc2csc(-c3ccccn3)n2)nc2c1c(C)nn2-c1ccccc1. The number of aromatic nitrogens is 5. The van der Waals surface area contributed by atoms with E-state index in [1.54, 1.807) is 17.5 Å². The molecular formula is C23H20N6S. The van der Waals surface area contributed by atoms with Gasteiger partial charge in [-0.1, -0.05) is 24.3 Å². The lowest BCUT2D eigenvalue weighted by Crippen LogP contribution is -2.04. The highest BCUT2D eigenvalue weighted by Gasteiger charge is 2.14. The highest BCUT2D eigenvalue weighted by Crippen LogP contribution is 2.26. The summed E-state index contributed by atoms with van der Waals surface area (Å²) in [6.07, 6.45) is 1.79. The molecule has 4 heterocycles. The average molecular weight is 413 g/mol. The van der Waals surface area contributed by atoms with Gasteiger partial charge in [0.05, 0.1) is 29.3 Å². The van der Waals surface area contributed by atoms with Crippen LogP contribution in [0.1, 0.15) is 17.0 Å².